The minimum absolute atomic E-state index is 0.0220. The van der Waals surface area contributed by atoms with Crippen molar-refractivity contribution in [2.24, 2.45) is 0 Å². The molecule has 0 saturated carbocycles. The Balaban J connectivity index is 0.000000579. The van der Waals surface area contributed by atoms with Crippen LogP contribution in [0.4, 0.5) is 9.59 Å². The SMILES string of the molecule is CCOC(=O)C(C)NC(=O)O.CCOC(=O)C(C)NC(=O)OC1CCN(C)CC1.CN1CCC(O)CC1. The molecule has 216 valence electrons. The largest absolute Gasteiger partial charge is 0.465 e. The van der Waals surface area contributed by atoms with Crippen LogP contribution < -0.4 is 10.6 Å². The van der Waals surface area contributed by atoms with Crippen molar-refractivity contribution in [2.45, 2.75) is 77.7 Å². The molecule has 2 fully saturated rings. The number of carbonyl (C=O) groups is 4. The molecule has 2 saturated heterocycles. The normalized spacial score (nSPS) is 18.5. The average Bonchev–Trinajstić information content (AvgIpc) is 2.83. The molecule has 37 heavy (non-hydrogen) atoms. The predicted octanol–water partition coefficient (Wildman–Crippen LogP) is 1.04. The highest BCUT2D eigenvalue weighted by molar-refractivity contribution is 5.81. The number of alkyl carbamates (subject to hydrolysis) is 1. The van der Waals surface area contributed by atoms with Crippen LogP contribution in [0.3, 0.4) is 0 Å². The van der Waals surface area contributed by atoms with Crippen LogP contribution in [0, 0.1) is 0 Å². The monoisotopic (exact) mass is 534 g/mol. The number of carbonyl (C=O) groups excluding carboxylic acids is 3. The van der Waals surface area contributed by atoms with Crippen LogP contribution in [-0.4, -0.2) is 122 Å². The van der Waals surface area contributed by atoms with Gasteiger partial charge in [-0.1, -0.05) is 0 Å². The topological polar surface area (TPSA) is 167 Å². The molecule has 2 unspecified atom stereocenters. The standard InChI is InChI=1S/C12H22N2O4.C6H11NO4.C6H13NO/c1-4-17-11(15)9(2)13-12(16)18-10-5-7-14(3)8-6-10;1-3-11-5(8)4(2)7-6(9)10;1-7-4-2-6(8)3-5-7/h9-10H,4-8H2,1-3H3,(H,13,16);4,7H,3H2,1-2H3,(H,9,10);6,8H,2-5H2,1H3. The number of amides is 2. The molecule has 0 aromatic rings. The van der Waals surface area contributed by atoms with E-state index in [-0.39, 0.29) is 18.8 Å². The first kappa shape index (κ1) is 34.4. The number of hydrogen-bond acceptors (Lipinski definition) is 10. The summed E-state index contributed by atoms with van der Waals surface area (Å²) in [5, 5.41) is 21.6. The van der Waals surface area contributed by atoms with E-state index < -0.39 is 36.2 Å². The Kier molecular flexibility index (Phi) is 18.1. The van der Waals surface area contributed by atoms with Crippen molar-refractivity contribution in [2.75, 3.05) is 53.5 Å². The number of esters is 2. The first-order valence-corrected chi connectivity index (χ1v) is 12.7. The molecule has 0 bridgehead atoms. The van der Waals surface area contributed by atoms with Crippen molar-refractivity contribution in [3.8, 4) is 0 Å². The number of aliphatic hydroxyl groups excluding tert-OH is 1. The van der Waals surface area contributed by atoms with Gasteiger partial charge in [-0.2, -0.15) is 0 Å². The van der Waals surface area contributed by atoms with Crippen LogP contribution >= 0.6 is 0 Å². The summed E-state index contributed by atoms with van der Waals surface area (Å²) >= 11 is 0. The predicted molar refractivity (Wildman–Crippen MR) is 136 cm³/mol. The molecule has 0 radical (unpaired) electrons. The maximum atomic E-state index is 11.6. The highest BCUT2D eigenvalue weighted by atomic mass is 16.6. The molecular weight excluding hydrogens is 488 g/mol. The maximum absolute atomic E-state index is 11.6. The third-order valence-electron chi connectivity index (χ3n) is 5.58. The van der Waals surface area contributed by atoms with E-state index >= 15 is 0 Å². The molecule has 0 aromatic carbocycles. The summed E-state index contributed by atoms with van der Waals surface area (Å²) in [6.07, 6.45) is 1.71. The van der Waals surface area contributed by atoms with E-state index in [0.717, 1.165) is 51.9 Å². The van der Waals surface area contributed by atoms with Crippen molar-refractivity contribution < 1.29 is 43.6 Å². The molecular formula is C24H46N4O9. The van der Waals surface area contributed by atoms with Gasteiger partial charge in [-0.25, -0.2) is 19.2 Å². The van der Waals surface area contributed by atoms with E-state index in [2.05, 4.69) is 26.9 Å². The third-order valence-corrected chi connectivity index (χ3v) is 5.58. The Bertz CT molecular complexity index is 669. The number of rotatable bonds is 7. The first-order chi connectivity index (χ1) is 17.4. The molecule has 13 nitrogen and oxygen atoms in total. The van der Waals surface area contributed by atoms with E-state index in [4.69, 9.17) is 19.7 Å². The van der Waals surface area contributed by atoms with E-state index in [1.54, 1.807) is 20.8 Å². The zero-order valence-corrected chi connectivity index (χ0v) is 23.0. The number of nitrogens with one attached hydrogen (secondary N) is 2. The van der Waals surface area contributed by atoms with Gasteiger partial charge in [0.25, 0.3) is 0 Å². The summed E-state index contributed by atoms with van der Waals surface area (Å²) in [5.41, 5.74) is 0. The van der Waals surface area contributed by atoms with Gasteiger partial charge in [-0.05, 0) is 67.5 Å². The fourth-order valence-electron chi connectivity index (χ4n) is 3.30. The van der Waals surface area contributed by atoms with E-state index in [1.165, 1.54) is 6.92 Å². The van der Waals surface area contributed by atoms with Gasteiger partial charge in [0.05, 0.1) is 19.3 Å². The molecule has 0 spiro atoms. The van der Waals surface area contributed by atoms with Crippen molar-refractivity contribution >= 4 is 24.1 Å². The van der Waals surface area contributed by atoms with E-state index in [0.29, 0.717) is 6.61 Å². The Labute approximate surface area is 219 Å². The van der Waals surface area contributed by atoms with Gasteiger partial charge >= 0.3 is 24.1 Å². The molecule has 13 heteroatoms. The number of carboxylic acid groups (broad SMARTS) is 1. The lowest BCUT2D eigenvalue weighted by atomic mass is 10.1. The number of piperidine rings is 2. The van der Waals surface area contributed by atoms with Gasteiger partial charge in [-0.3, -0.25) is 0 Å². The highest BCUT2D eigenvalue weighted by Gasteiger charge is 2.23. The zero-order chi connectivity index (χ0) is 28.4. The maximum Gasteiger partial charge on any atom is 0.408 e. The summed E-state index contributed by atoms with van der Waals surface area (Å²) in [5.74, 6) is -1.01. The van der Waals surface area contributed by atoms with Gasteiger partial charge < -0.3 is 44.9 Å². The van der Waals surface area contributed by atoms with Gasteiger partial charge in [0, 0.05) is 26.2 Å². The summed E-state index contributed by atoms with van der Waals surface area (Å²) in [6, 6.07) is -1.48. The Hall–Kier alpha value is -2.64. The Morgan fingerprint density at radius 2 is 1.22 bits per heavy atom. The summed E-state index contributed by atoms with van der Waals surface area (Å²) in [4.78, 5) is 48.0. The Morgan fingerprint density at radius 1 is 0.811 bits per heavy atom. The summed E-state index contributed by atoms with van der Waals surface area (Å²) in [6.45, 7) is 10.9. The van der Waals surface area contributed by atoms with E-state index in [9.17, 15) is 19.2 Å². The van der Waals surface area contributed by atoms with Crippen LogP contribution in [0.15, 0.2) is 0 Å². The zero-order valence-electron chi connectivity index (χ0n) is 23.0. The van der Waals surface area contributed by atoms with Crippen LogP contribution in [-0.2, 0) is 23.8 Å². The number of hydrogen-bond donors (Lipinski definition) is 4. The van der Waals surface area contributed by atoms with Crippen LogP contribution in [0.1, 0.15) is 53.4 Å². The lowest BCUT2D eigenvalue weighted by Crippen LogP contribution is -2.43. The molecule has 0 aliphatic carbocycles. The lowest BCUT2D eigenvalue weighted by Gasteiger charge is -2.28. The van der Waals surface area contributed by atoms with Gasteiger partial charge in [0.2, 0.25) is 0 Å². The quantitative estimate of drug-likeness (QED) is 0.272. The van der Waals surface area contributed by atoms with Crippen LogP contribution in [0.25, 0.3) is 0 Å². The van der Waals surface area contributed by atoms with Crippen molar-refractivity contribution in [1.29, 1.82) is 0 Å². The molecule has 2 heterocycles. The molecule has 4 N–H and O–H groups in total. The molecule has 2 atom stereocenters. The lowest BCUT2D eigenvalue weighted by molar-refractivity contribution is -0.145. The van der Waals surface area contributed by atoms with Gasteiger partial charge in [0.1, 0.15) is 18.2 Å². The fraction of sp³-hybridized carbons (Fsp3) is 0.833. The van der Waals surface area contributed by atoms with Crippen LogP contribution in [0.5, 0.6) is 0 Å². The number of ether oxygens (including phenoxy) is 3. The minimum Gasteiger partial charge on any atom is -0.465 e. The summed E-state index contributed by atoms with van der Waals surface area (Å²) in [7, 11) is 4.13. The second kappa shape index (κ2) is 19.5. The van der Waals surface area contributed by atoms with Crippen molar-refractivity contribution in [3.05, 3.63) is 0 Å². The van der Waals surface area contributed by atoms with Gasteiger partial charge in [0.15, 0.2) is 0 Å². The minimum atomic E-state index is -1.23. The number of aliphatic hydroxyl groups is 1. The molecule has 2 amide bonds. The van der Waals surface area contributed by atoms with Crippen LogP contribution in [0.2, 0.25) is 0 Å². The van der Waals surface area contributed by atoms with Gasteiger partial charge in [-0.15, -0.1) is 0 Å². The third kappa shape index (κ3) is 17.5. The molecule has 2 aliphatic rings. The Morgan fingerprint density at radius 3 is 1.59 bits per heavy atom. The fourth-order valence-corrected chi connectivity index (χ4v) is 3.30. The highest BCUT2D eigenvalue weighted by Crippen LogP contribution is 2.12. The first-order valence-electron chi connectivity index (χ1n) is 12.7. The average molecular weight is 535 g/mol. The van der Waals surface area contributed by atoms with Crippen molar-refractivity contribution in [1.82, 2.24) is 20.4 Å². The molecule has 2 rings (SSSR count). The van der Waals surface area contributed by atoms with Crippen molar-refractivity contribution in [3.63, 3.8) is 0 Å². The second-order valence-corrected chi connectivity index (χ2v) is 8.98. The summed E-state index contributed by atoms with van der Waals surface area (Å²) < 4.78 is 14.6. The number of nitrogens with zero attached hydrogens (tertiary/aromatic N) is 2. The molecule has 0 aromatic heterocycles. The second-order valence-electron chi connectivity index (χ2n) is 8.98. The molecule has 2 aliphatic heterocycles. The smallest absolute Gasteiger partial charge is 0.408 e. The van der Waals surface area contributed by atoms with E-state index in [1.807, 2.05) is 12.4 Å². The number of likely N-dealkylation sites (tertiary alicyclic amines) is 2.